The molecule has 0 saturated carbocycles. The summed E-state index contributed by atoms with van der Waals surface area (Å²) in [6.45, 7) is 0. The third kappa shape index (κ3) is 5.76. The zero-order valence-electron chi connectivity index (χ0n) is 13.5. The van der Waals surface area contributed by atoms with Gasteiger partial charge in [-0.15, -0.1) is 0 Å². The molecule has 0 saturated heterocycles. The minimum Gasteiger partial charge on any atom is -0.481 e. The molecule has 0 heterocycles. The molecule has 0 radical (unpaired) electrons. The lowest BCUT2D eigenvalue weighted by molar-refractivity contribution is -0.143. The Kier molecular flexibility index (Phi) is 6.28. The van der Waals surface area contributed by atoms with E-state index in [2.05, 4.69) is 5.32 Å². The van der Waals surface area contributed by atoms with E-state index in [1.54, 1.807) is 0 Å². The first kappa shape index (κ1) is 18.2. The molecule has 0 fully saturated rings. The predicted octanol–water partition coefficient (Wildman–Crippen LogP) is 2.33. The summed E-state index contributed by atoms with van der Waals surface area (Å²) in [6.07, 6.45) is -0.432. The van der Waals surface area contributed by atoms with Crippen molar-refractivity contribution >= 4 is 17.8 Å². The highest BCUT2D eigenvalue weighted by Gasteiger charge is 2.20. The van der Waals surface area contributed by atoms with Crippen molar-refractivity contribution in [1.29, 1.82) is 0 Å². The van der Waals surface area contributed by atoms with Crippen LogP contribution in [-0.2, 0) is 20.8 Å². The third-order valence-corrected chi connectivity index (χ3v) is 3.71. The molecule has 1 amide bonds. The number of carbonyl (C=O) groups excluding carboxylic acids is 1. The van der Waals surface area contributed by atoms with Gasteiger partial charge in [-0.05, 0) is 23.1 Å². The zero-order chi connectivity index (χ0) is 18.2. The van der Waals surface area contributed by atoms with E-state index in [0.29, 0.717) is 0 Å². The van der Waals surface area contributed by atoms with Gasteiger partial charge in [0.05, 0.1) is 6.42 Å². The monoisotopic (exact) mass is 341 g/mol. The summed E-state index contributed by atoms with van der Waals surface area (Å²) in [5.41, 5.74) is 2.84. The molecule has 6 nitrogen and oxygen atoms in total. The van der Waals surface area contributed by atoms with Gasteiger partial charge in [0.1, 0.15) is 6.04 Å². The average molecular weight is 341 g/mol. The van der Waals surface area contributed by atoms with Crippen molar-refractivity contribution in [3.05, 3.63) is 60.2 Å². The Morgan fingerprint density at radius 2 is 1.48 bits per heavy atom. The summed E-state index contributed by atoms with van der Waals surface area (Å²) in [5.74, 6) is -2.80. The summed E-state index contributed by atoms with van der Waals surface area (Å²) < 4.78 is 0. The summed E-state index contributed by atoms with van der Waals surface area (Å²) in [7, 11) is 0. The van der Waals surface area contributed by atoms with Crippen molar-refractivity contribution in [3.63, 3.8) is 0 Å². The molecule has 2 rings (SSSR count). The van der Waals surface area contributed by atoms with Gasteiger partial charge in [0.2, 0.25) is 5.91 Å². The van der Waals surface area contributed by atoms with E-state index in [-0.39, 0.29) is 19.3 Å². The number of nitrogens with one attached hydrogen (secondary N) is 1. The van der Waals surface area contributed by atoms with Crippen molar-refractivity contribution in [3.8, 4) is 11.1 Å². The number of carbonyl (C=O) groups is 3. The van der Waals surface area contributed by atoms with E-state index < -0.39 is 23.9 Å². The number of amides is 1. The lowest BCUT2D eigenvalue weighted by atomic mass is 10.0. The molecule has 25 heavy (non-hydrogen) atoms. The van der Waals surface area contributed by atoms with Crippen LogP contribution in [0.5, 0.6) is 0 Å². The van der Waals surface area contributed by atoms with Crippen LogP contribution >= 0.6 is 0 Å². The van der Waals surface area contributed by atoms with E-state index in [1.807, 2.05) is 54.6 Å². The fourth-order valence-electron chi connectivity index (χ4n) is 2.40. The van der Waals surface area contributed by atoms with Gasteiger partial charge in [0, 0.05) is 6.42 Å². The zero-order valence-corrected chi connectivity index (χ0v) is 13.5. The molecule has 6 heteroatoms. The average Bonchev–Trinajstić information content (AvgIpc) is 2.59. The van der Waals surface area contributed by atoms with Crippen LogP contribution in [0, 0.1) is 0 Å². The van der Waals surface area contributed by atoms with Crippen molar-refractivity contribution in [1.82, 2.24) is 5.32 Å². The predicted molar refractivity (Wildman–Crippen MR) is 92.0 cm³/mol. The number of hydrogen-bond acceptors (Lipinski definition) is 3. The van der Waals surface area contributed by atoms with Gasteiger partial charge in [-0.1, -0.05) is 54.6 Å². The first-order chi connectivity index (χ1) is 12.0. The molecule has 130 valence electrons. The minimum absolute atomic E-state index is 0.0337. The number of carboxylic acid groups (broad SMARTS) is 2. The van der Waals surface area contributed by atoms with Crippen molar-refractivity contribution in [2.24, 2.45) is 0 Å². The van der Waals surface area contributed by atoms with E-state index in [4.69, 9.17) is 10.2 Å². The fraction of sp³-hybridized carbons (Fsp3) is 0.211. The Hall–Kier alpha value is -3.15. The van der Waals surface area contributed by atoms with Crippen LogP contribution in [0.25, 0.3) is 11.1 Å². The van der Waals surface area contributed by atoms with Gasteiger partial charge in [-0.2, -0.15) is 0 Å². The molecule has 0 aliphatic rings. The van der Waals surface area contributed by atoms with Gasteiger partial charge in [-0.25, -0.2) is 4.79 Å². The van der Waals surface area contributed by atoms with Gasteiger partial charge >= 0.3 is 11.9 Å². The molecule has 1 atom stereocenters. The van der Waals surface area contributed by atoms with Gasteiger partial charge in [0.25, 0.3) is 0 Å². The van der Waals surface area contributed by atoms with Crippen molar-refractivity contribution < 1.29 is 24.6 Å². The van der Waals surface area contributed by atoms with Gasteiger partial charge < -0.3 is 15.5 Å². The first-order valence-corrected chi connectivity index (χ1v) is 7.84. The van der Waals surface area contributed by atoms with Gasteiger partial charge in [-0.3, -0.25) is 9.59 Å². The lowest BCUT2D eigenvalue weighted by Gasteiger charge is -2.13. The standard InChI is InChI=1S/C19H19NO5/c21-17(20-16(19(24)25)10-11-18(22)23)12-13-6-8-15(9-7-13)14-4-2-1-3-5-14/h1-9,16H,10-12H2,(H,20,21)(H,22,23)(H,24,25)/t16-/m0/s1. The maximum atomic E-state index is 12.0. The van der Waals surface area contributed by atoms with E-state index in [9.17, 15) is 14.4 Å². The molecule has 0 aliphatic carbocycles. The second kappa shape index (κ2) is 8.63. The number of benzene rings is 2. The molecule has 0 aliphatic heterocycles. The highest BCUT2D eigenvalue weighted by atomic mass is 16.4. The molecular formula is C19H19NO5. The summed E-state index contributed by atoms with van der Waals surface area (Å²) in [4.78, 5) is 33.6. The van der Waals surface area contributed by atoms with E-state index >= 15 is 0 Å². The van der Waals surface area contributed by atoms with Crippen LogP contribution in [0.15, 0.2) is 54.6 Å². The summed E-state index contributed by atoms with van der Waals surface area (Å²) in [5, 5.41) is 20.0. The molecule has 0 bridgehead atoms. The molecule has 2 aromatic rings. The normalized spacial score (nSPS) is 11.5. The minimum atomic E-state index is -1.24. The highest BCUT2D eigenvalue weighted by molar-refractivity contribution is 5.85. The smallest absolute Gasteiger partial charge is 0.326 e. The Balaban J connectivity index is 1.95. The molecule has 0 unspecified atom stereocenters. The molecule has 0 aromatic heterocycles. The maximum Gasteiger partial charge on any atom is 0.326 e. The van der Waals surface area contributed by atoms with Gasteiger partial charge in [0.15, 0.2) is 0 Å². The second-order valence-electron chi connectivity index (χ2n) is 5.63. The van der Waals surface area contributed by atoms with Crippen LogP contribution < -0.4 is 5.32 Å². The second-order valence-corrected chi connectivity index (χ2v) is 5.63. The largest absolute Gasteiger partial charge is 0.481 e. The van der Waals surface area contributed by atoms with Crippen LogP contribution in [-0.4, -0.2) is 34.1 Å². The van der Waals surface area contributed by atoms with E-state index in [1.165, 1.54) is 0 Å². The topological polar surface area (TPSA) is 104 Å². The molecular weight excluding hydrogens is 322 g/mol. The van der Waals surface area contributed by atoms with Crippen LogP contribution in [0.4, 0.5) is 0 Å². The number of aliphatic carboxylic acids is 2. The first-order valence-electron chi connectivity index (χ1n) is 7.84. The Bertz CT molecular complexity index is 740. The molecule has 0 spiro atoms. The van der Waals surface area contributed by atoms with Crippen LogP contribution in [0.1, 0.15) is 18.4 Å². The van der Waals surface area contributed by atoms with Crippen LogP contribution in [0.3, 0.4) is 0 Å². The number of rotatable bonds is 8. The Labute approximate surface area is 145 Å². The fourth-order valence-corrected chi connectivity index (χ4v) is 2.40. The lowest BCUT2D eigenvalue weighted by Crippen LogP contribution is -2.41. The Morgan fingerprint density at radius 3 is 2.04 bits per heavy atom. The van der Waals surface area contributed by atoms with Crippen molar-refractivity contribution in [2.45, 2.75) is 25.3 Å². The molecule has 3 N–H and O–H groups in total. The van der Waals surface area contributed by atoms with E-state index in [0.717, 1.165) is 16.7 Å². The SMILES string of the molecule is O=C(O)CC[C@H](NC(=O)Cc1ccc(-c2ccccc2)cc1)C(=O)O. The molecule has 2 aromatic carbocycles. The summed E-state index contributed by atoms with van der Waals surface area (Å²) in [6, 6.07) is 16.0. The summed E-state index contributed by atoms with van der Waals surface area (Å²) >= 11 is 0. The maximum absolute atomic E-state index is 12.0. The quantitative estimate of drug-likeness (QED) is 0.684. The van der Waals surface area contributed by atoms with Crippen LogP contribution in [0.2, 0.25) is 0 Å². The highest BCUT2D eigenvalue weighted by Crippen LogP contribution is 2.19. The number of hydrogen-bond donors (Lipinski definition) is 3. The Morgan fingerprint density at radius 1 is 0.880 bits per heavy atom. The number of carboxylic acids is 2. The third-order valence-electron chi connectivity index (χ3n) is 3.71. The van der Waals surface area contributed by atoms with Crippen molar-refractivity contribution in [2.75, 3.05) is 0 Å².